The van der Waals surface area contributed by atoms with Gasteiger partial charge >= 0.3 is 0 Å². The van der Waals surface area contributed by atoms with Crippen LogP contribution in [0.25, 0.3) is 17.5 Å². The number of nitrogens with one attached hydrogen (secondary N) is 1. The van der Waals surface area contributed by atoms with Crippen molar-refractivity contribution in [3.8, 4) is 11.5 Å². The van der Waals surface area contributed by atoms with Crippen LogP contribution in [0.2, 0.25) is 0 Å². The lowest BCUT2D eigenvalue weighted by Gasteiger charge is -2.12. The summed E-state index contributed by atoms with van der Waals surface area (Å²) in [6.45, 7) is 2.16. The number of thioether (sulfide) groups is 1. The first-order valence-corrected chi connectivity index (χ1v) is 11.4. The number of carbonyl (C=O) groups excluding carboxylic acids is 3. The second-order valence-corrected chi connectivity index (χ2v) is 8.60. The molecule has 0 unspecified atom stereocenters. The molecule has 10 heteroatoms. The number of rotatable bonds is 8. The fourth-order valence-corrected chi connectivity index (χ4v) is 4.05. The van der Waals surface area contributed by atoms with Crippen LogP contribution in [0, 0.1) is 12.7 Å². The molecule has 1 fully saturated rings. The van der Waals surface area contributed by atoms with Crippen molar-refractivity contribution in [3.63, 3.8) is 0 Å². The summed E-state index contributed by atoms with van der Waals surface area (Å²) >= 11 is 0.813. The van der Waals surface area contributed by atoms with Crippen LogP contribution in [0.4, 0.5) is 9.18 Å². The third-order valence-electron chi connectivity index (χ3n) is 5.03. The van der Waals surface area contributed by atoms with Gasteiger partial charge in [0.2, 0.25) is 17.7 Å². The average molecular weight is 481 g/mol. The molecule has 1 saturated heterocycles. The Balaban J connectivity index is 1.23. The van der Waals surface area contributed by atoms with Crippen LogP contribution in [0.3, 0.4) is 0 Å². The molecule has 1 aromatic heterocycles. The second-order valence-electron chi connectivity index (χ2n) is 7.60. The molecule has 174 valence electrons. The highest BCUT2D eigenvalue weighted by Gasteiger charge is 2.34. The van der Waals surface area contributed by atoms with E-state index in [4.69, 9.17) is 4.42 Å². The maximum absolute atomic E-state index is 13.0. The quantitative estimate of drug-likeness (QED) is 0.486. The van der Waals surface area contributed by atoms with Crippen molar-refractivity contribution in [2.45, 2.75) is 19.8 Å². The molecule has 34 heavy (non-hydrogen) atoms. The van der Waals surface area contributed by atoms with E-state index in [0.717, 1.165) is 27.8 Å². The summed E-state index contributed by atoms with van der Waals surface area (Å²) in [5, 5.41) is 10.3. The molecule has 3 aromatic rings. The highest BCUT2D eigenvalue weighted by molar-refractivity contribution is 8.18. The standard InChI is InChI=1S/C24H21FN4O4S/c1-15-2-6-17(7-3-15)22-28-27-21(33-22)11-10-20(30)26-12-13-29-23(31)19(34-24(29)32)14-16-4-8-18(25)9-5-16/h2-9,14H,10-13H2,1H3,(H,26,30)/b19-14-. The van der Waals surface area contributed by atoms with E-state index in [1.54, 1.807) is 0 Å². The zero-order valence-corrected chi connectivity index (χ0v) is 19.1. The van der Waals surface area contributed by atoms with Gasteiger partial charge in [-0.2, -0.15) is 0 Å². The van der Waals surface area contributed by atoms with E-state index in [1.165, 1.54) is 30.3 Å². The smallest absolute Gasteiger partial charge is 0.293 e. The third kappa shape index (κ3) is 5.76. The van der Waals surface area contributed by atoms with Crippen molar-refractivity contribution in [2.24, 2.45) is 0 Å². The summed E-state index contributed by atoms with van der Waals surface area (Å²) in [5.74, 6) is -0.343. The summed E-state index contributed by atoms with van der Waals surface area (Å²) in [6.07, 6.45) is 1.94. The van der Waals surface area contributed by atoms with Gasteiger partial charge in [0.15, 0.2) is 0 Å². The van der Waals surface area contributed by atoms with Gasteiger partial charge in [-0.25, -0.2) is 4.39 Å². The van der Waals surface area contributed by atoms with Crippen LogP contribution in [0.5, 0.6) is 0 Å². The van der Waals surface area contributed by atoms with Crippen molar-refractivity contribution >= 4 is 34.9 Å². The molecule has 0 bridgehead atoms. The largest absolute Gasteiger partial charge is 0.421 e. The van der Waals surface area contributed by atoms with Gasteiger partial charge in [0, 0.05) is 31.5 Å². The van der Waals surface area contributed by atoms with E-state index >= 15 is 0 Å². The van der Waals surface area contributed by atoms with Crippen molar-refractivity contribution in [3.05, 3.63) is 76.3 Å². The monoisotopic (exact) mass is 480 g/mol. The molecule has 2 aromatic carbocycles. The minimum Gasteiger partial charge on any atom is -0.421 e. The fourth-order valence-electron chi connectivity index (χ4n) is 3.19. The topological polar surface area (TPSA) is 105 Å². The summed E-state index contributed by atoms with van der Waals surface area (Å²) < 4.78 is 18.7. The predicted octanol–water partition coefficient (Wildman–Crippen LogP) is 3.97. The molecular formula is C24H21FN4O4S. The van der Waals surface area contributed by atoms with E-state index in [-0.39, 0.29) is 42.6 Å². The summed E-state index contributed by atoms with van der Waals surface area (Å²) in [7, 11) is 0. The molecule has 0 spiro atoms. The van der Waals surface area contributed by atoms with Crippen LogP contribution in [0.15, 0.2) is 57.9 Å². The SMILES string of the molecule is Cc1ccc(-c2nnc(CCC(=O)NCCN3C(=O)S/C(=C\c4ccc(F)cc4)C3=O)o2)cc1. The Bertz CT molecular complexity index is 1240. The first kappa shape index (κ1) is 23.4. The predicted molar refractivity (Wildman–Crippen MR) is 125 cm³/mol. The molecule has 0 atom stereocenters. The lowest BCUT2D eigenvalue weighted by atomic mass is 10.1. The Morgan fingerprint density at radius 1 is 1.12 bits per heavy atom. The average Bonchev–Trinajstić information content (AvgIpc) is 3.40. The molecule has 8 nitrogen and oxygen atoms in total. The molecule has 2 heterocycles. The zero-order valence-electron chi connectivity index (χ0n) is 18.3. The van der Waals surface area contributed by atoms with Gasteiger partial charge in [0.1, 0.15) is 5.82 Å². The van der Waals surface area contributed by atoms with Gasteiger partial charge in [-0.1, -0.05) is 29.8 Å². The molecule has 1 aliphatic heterocycles. The summed E-state index contributed by atoms with van der Waals surface area (Å²) in [6, 6.07) is 13.3. The molecule has 0 radical (unpaired) electrons. The maximum atomic E-state index is 13.0. The maximum Gasteiger partial charge on any atom is 0.293 e. The second kappa shape index (κ2) is 10.4. The van der Waals surface area contributed by atoms with Gasteiger partial charge in [-0.15, -0.1) is 10.2 Å². The van der Waals surface area contributed by atoms with Crippen molar-refractivity contribution in [1.82, 2.24) is 20.4 Å². The molecule has 3 amide bonds. The van der Waals surface area contributed by atoms with Gasteiger partial charge in [-0.3, -0.25) is 19.3 Å². The van der Waals surface area contributed by atoms with E-state index in [2.05, 4.69) is 15.5 Å². The van der Waals surface area contributed by atoms with Crippen molar-refractivity contribution < 1.29 is 23.2 Å². The number of nitrogens with zero attached hydrogens (tertiary/aromatic N) is 3. The van der Waals surface area contributed by atoms with Gasteiger partial charge in [0.25, 0.3) is 11.1 Å². The van der Waals surface area contributed by atoms with Gasteiger partial charge < -0.3 is 9.73 Å². The number of benzene rings is 2. The number of hydrogen-bond donors (Lipinski definition) is 1. The molecular weight excluding hydrogens is 459 g/mol. The Morgan fingerprint density at radius 3 is 2.59 bits per heavy atom. The lowest BCUT2D eigenvalue weighted by Crippen LogP contribution is -2.37. The fraction of sp³-hybridized carbons (Fsp3) is 0.208. The first-order chi connectivity index (χ1) is 16.4. The van der Waals surface area contributed by atoms with Gasteiger partial charge in [0.05, 0.1) is 4.91 Å². The van der Waals surface area contributed by atoms with Gasteiger partial charge in [-0.05, 0) is 54.6 Å². The minimum absolute atomic E-state index is 0.0509. The van der Waals surface area contributed by atoms with Crippen molar-refractivity contribution in [1.29, 1.82) is 0 Å². The first-order valence-electron chi connectivity index (χ1n) is 10.6. The Hall–Kier alpha value is -3.79. The third-order valence-corrected chi connectivity index (χ3v) is 5.94. The molecule has 4 rings (SSSR count). The molecule has 0 saturated carbocycles. The number of hydrogen-bond acceptors (Lipinski definition) is 7. The summed E-state index contributed by atoms with van der Waals surface area (Å²) in [5.41, 5.74) is 2.54. The number of aryl methyl sites for hydroxylation is 2. The number of imide groups is 1. The van der Waals surface area contributed by atoms with Crippen LogP contribution >= 0.6 is 11.8 Å². The number of halogens is 1. The van der Waals surface area contributed by atoms with E-state index in [9.17, 15) is 18.8 Å². The highest BCUT2D eigenvalue weighted by Crippen LogP contribution is 2.31. The van der Waals surface area contributed by atoms with Crippen molar-refractivity contribution in [2.75, 3.05) is 13.1 Å². The van der Waals surface area contributed by atoms with E-state index in [0.29, 0.717) is 17.3 Å². The number of aromatic nitrogens is 2. The van der Waals surface area contributed by atoms with E-state index in [1.807, 2.05) is 31.2 Å². The molecule has 0 aliphatic carbocycles. The van der Waals surface area contributed by atoms with E-state index < -0.39 is 11.1 Å². The highest BCUT2D eigenvalue weighted by atomic mass is 32.2. The number of amides is 3. The Kier molecular flexibility index (Phi) is 7.17. The molecule has 1 aliphatic rings. The minimum atomic E-state index is -0.442. The Labute approximate surface area is 199 Å². The molecule has 1 N–H and O–H groups in total. The van der Waals surface area contributed by atoms with Crippen LogP contribution < -0.4 is 5.32 Å². The van der Waals surface area contributed by atoms with Crippen LogP contribution in [-0.4, -0.2) is 45.2 Å². The lowest BCUT2D eigenvalue weighted by molar-refractivity contribution is -0.124. The Morgan fingerprint density at radius 2 is 1.85 bits per heavy atom. The van der Waals surface area contributed by atoms with Crippen LogP contribution in [-0.2, 0) is 16.0 Å². The summed E-state index contributed by atoms with van der Waals surface area (Å²) in [4.78, 5) is 38.2. The normalized spacial score (nSPS) is 14.8. The zero-order chi connectivity index (χ0) is 24.1. The number of carbonyl (C=O) groups is 3. The van der Waals surface area contributed by atoms with Crippen LogP contribution in [0.1, 0.15) is 23.4 Å².